The molecule has 2 unspecified atom stereocenters. The van der Waals surface area contributed by atoms with E-state index in [4.69, 9.17) is 18.9 Å². The number of rotatable bonds is 8. The Morgan fingerprint density at radius 2 is 1.33 bits per heavy atom. The van der Waals surface area contributed by atoms with Crippen molar-refractivity contribution >= 4 is 12.2 Å². The summed E-state index contributed by atoms with van der Waals surface area (Å²) in [6.07, 6.45) is 4.61. The minimum absolute atomic E-state index is 0.234. The summed E-state index contributed by atoms with van der Waals surface area (Å²) in [6, 6.07) is 16.2. The first-order valence-electron chi connectivity index (χ1n) is 8.22. The smallest absolute Gasteiger partial charge is 0.123 e. The van der Waals surface area contributed by atoms with Crippen LogP contribution in [0.25, 0.3) is 12.2 Å². The summed E-state index contributed by atoms with van der Waals surface area (Å²) >= 11 is 0. The highest BCUT2D eigenvalue weighted by Gasteiger charge is 2.24. The standard InChI is InChI=1S/C20H20O4/c1-2-4-15(5-3-1)6-7-16-8-17(21-11-19-13-23-19)10-18(9-16)22-12-20-14-24-20/h1-10,19-20H,11-14H2/b7-6+. The van der Waals surface area contributed by atoms with Crippen LogP contribution in [0.4, 0.5) is 0 Å². The van der Waals surface area contributed by atoms with E-state index in [0.717, 1.165) is 35.8 Å². The third-order valence-corrected chi connectivity index (χ3v) is 3.85. The lowest BCUT2D eigenvalue weighted by Crippen LogP contribution is -2.06. The normalized spacial score (nSPS) is 21.7. The molecule has 4 nitrogen and oxygen atoms in total. The molecular weight excluding hydrogens is 304 g/mol. The summed E-state index contributed by atoms with van der Waals surface area (Å²) in [7, 11) is 0. The minimum Gasteiger partial charge on any atom is -0.491 e. The number of benzene rings is 2. The summed E-state index contributed by atoms with van der Waals surface area (Å²) in [6.45, 7) is 2.74. The van der Waals surface area contributed by atoms with Gasteiger partial charge in [0, 0.05) is 6.07 Å². The van der Waals surface area contributed by atoms with Gasteiger partial charge in [-0.05, 0) is 23.3 Å². The molecule has 2 heterocycles. The maximum Gasteiger partial charge on any atom is 0.123 e. The second kappa shape index (κ2) is 7.07. The van der Waals surface area contributed by atoms with E-state index in [1.54, 1.807) is 0 Å². The molecule has 2 fully saturated rings. The molecule has 2 aliphatic rings. The summed E-state index contributed by atoms with van der Waals surface area (Å²) in [5, 5.41) is 0. The van der Waals surface area contributed by atoms with Gasteiger partial charge in [0.05, 0.1) is 13.2 Å². The quantitative estimate of drug-likeness (QED) is 0.551. The molecule has 0 saturated carbocycles. The van der Waals surface area contributed by atoms with Gasteiger partial charge in [-0.3, -0.25) is 0 Å². The Morgan fingerprint density at radius 1 is 0.792 bits per heavy atom. The number of epoxide rings is 2. The molecule has 124 valence electrons. The monoisotopic (exact) mass is 324 g/mol. The maximum absolute atomic E-state index is 5.82. The Labute approximate surface area is 141 Å². The van der Waals surface area contributed by atoms with Crippen LogP contribution < -0.4 is 9.47 Å². The second-order valence-corrected chi connectivity index (χ2v) is 6.01. The molecule has 2 aromatic rings. The molecule has 2 aromatic carbocycles. The van der Waals surface area contributed by atoms with Crippen LogP contribution in [-0.4, -0.2) is 38.6 Å². The first-order valence-corrected chi connectivity index (χ1v) is 8.22. The zero-order chi connectivity index (χ0) is 16.2. The van der Waals surface area contributed by atoms with Crippen LogP contribution in [-0.2, 0) is 9.47 Å². The van der Waals surface area contributed by atoms with E-state index in [1.165, 1.54) is 0 Å². The zero-order valence-electron chi connectivity index (χ0n) is 13.4. The molecule has 0 radical (unpaired) electrons. The number of ether oxygens (including phenoxy) is 4. The van der Waals surface area contributed by atoms with Crippen LogP contribution in [0.5, 0.6) is 11.5 Å². The maximum atomic E-state index is 5.82. The zero-order valence-corrected chi connectivity index (χ0v) is 13.4. The molecule has 0 aliphatic carbocycles. The molecular formula is C20H20O4. The average molecular weight is 324 g/mol. The molecule has 0 bridgehead atoms. The van der Waals surface area contributed by atoms with E-state index < -0.39 is 0 Å². The van der Waals surface area contributed by atoms with Crippen LogP contribution in [0.2, 0.25) is 0 Å². The largest absolute Gasteiger partial charge is 0.491 e. The van der Waals surface area contributed by atoms with Gasteiger partial charge in [0.2, 0.25) is 0 Å². The molecule has 2 aliphatic heterocycles. The van der Waals surface area contributed by atoms with Crippen molar-refractivity contribution in [3.8, 4) is 11.5 Å². The van der Waals surface area contributed by atoms with Crippen molar-refractivity contribution in [1.82, 2.24) is 0 Å². The third-order valence-electron chi connectivity index (χ3n) is 3.85. The van der Waals surface area contributed by atoms with E-state index in [-0.39, 0.29) is 12.2 Å². The Hall–Kier alpha value is -2.30. The summed E-state index contributed by atoms with van der Waals surface area (Å²) in [5.41, 5.74) is 2.20. The lowest BCUT2D eigenvalue weighted by atomic mass is 10.1. The molecule has 24 heavy (non-hydrogen) atoms. The first-order chi connectivity index (χ1) is 11.8. The fourth-order valence-corrected chi connectivity index (χ4v) is 2.32. The van der Waals surface area contributed by atoms with Crippen LogP contribution in [0, 0.1) is 0 Å². The van der Waals surface area contributed by atoms with Gasteiger partial charge in [-0.2, -0.15) is 0 Å². The SMILES string of the molecule is C(=C\c1cc(OCC2CO2)cc(OCC2CO2)c1)/c1ccccc1. The highest BCUT2D eigenvalue weighted by molar-refractivity contribution is 5.71. The third kappa shape index (κ3) is 4.60. The fourth-order valence-electron chi connectivity index (χ4n) is 2.32. The Morgan fingerprint density at radius 3 is 1.88 bits per heavy atom. The van der Waals surface area contributed by atoms with Crippen molar-refractivity contribution in [2.45, 2.75) is 12.2 Å². The van der Waals surface area contributed by atoms with E-state index in [0.29, 0.717) is 13.2 Å². The van der Waals surface area contributed by atoms with Crippen molar-refractivity contribution < 1.29 is 18.9 Å². The van der Waals surface area contributed by atoms with Crippen LogP contribution >= 0.6 is 0 Å². The summed E-state index contributed by atoms with van der Waals surface area (Å²) in [5.74, 6) is 1.60. The highest BCUT2D eigenvalue weighted by atomic mass is 16.6. The molecule has 4 heteroatoms. The van der Waals surface area contributed by atoms with E-state index in [9.17, 15) is 0 Å². The van der Waals surface area contributed by atoms with E-state index in [1.807, 2.05) is 36.4 Å². The van der Waals surface area contributed by atoms with Crippen LogP contribution in [0.1, 0.15) is 11.1 Å². The van der Waals surface area contributed by atoms with Gasteiger partial charge in [-0.1, -0.05) is 42.5 Å². The second-order valence-electron chi connectivity index (χ2n) is 6.01. The molecule has 2 saturated heterocycles. The molecule has 0 amide bonds. The lowest BCUT2D eigenvalue weighted by Gasteiger charge is -2.10. The first kappa shape index (κ1) is 15.2. The van der Waals surface area contributed by atoms with Crippen LogP contribution in [0.15, 0.2) is 48.5 Å². The topological polar surface area (TPSA) is 43.5 Å². The van der Waals surface area contributed by atoms with E-state index in [2.05, 4.69) is 24.3 Å². The highest BCUT2D eigenvalue weighted by Crippen LogP contribution is 2.26. The minimum atomic E-state index is 0.234. The molecule has 4 rings (SSSR count). The predicted molar refractivity (Wildman–Crippen MR) is 92.3 cm³/mol. The number of hydrogen-bond donors (Lipinski definition) is 0. The van der Waals surface area contributed by atoms with Crippen molar-refractivity contribution in [1.29, 1.82) is 0 Å². The average Bonchev–Trinajstić information content (AvgIpc) is 3.52. The van der Waals surface area contributed by atoms with Crippen molar-refractivity contribution in [3.05, 3.63) is 59.7 Å². The summed E-state index contributed by atoms with van der Waals surface area (Å²) in [4.78, 5) is 0. The Kier molecular flexibility index (Phi) is 4.49. The van der Waals surface area contributed by atoms with Crippen LogP contribution in [0.3, 0.4) is 0 Å². The molecule has 0 spiro atoms. The van der Waals surface area contributed by atoms with E-state index >= 15 is 0 Å². The Balaban J connectivity index is 1.49. The van der Waals surface area contributed by atoms with Gasteiger partial charge >= 0.3 is 0 Å². The molecule has 2 atom stereocenters. The van der Waals surface area contributed by atoms with Crippen molar-refractivity contribution in [2.75, 3.05) is 26.4 Å². The van der Waals surface area contributed by atoms with Gasteiger partial charge in [0.25, 0.3) is 0 Å². The van der Waals surface area contributed by atoms with Gasteiger partial charge < -0.3 is 18.9 Å². The van der Waals surface area contributed by atoms with Gasteiger partial charge in [-0.15, -0.1) is 0 Å². The number of hydrogen-bond acceptors (Lipinski definition) is 4. The van der Waals surface area contributed by atoms with Gasteiger partial charge in [-0.25, -0.2) is 0 Å². The fraction of sp³-hybridized carbons (Fsp3) is 0.300. The van der Waals surface area contributed by atoms with Gasteiger partial charge in [0.1, 0.15) is 36.9 Å². The summed E-state index contributed by atoms with van der Waals surface area (Å²) < 4.78 is 22.0. The predicted octanol–water partition coefficient (Wildman–Crippen LogP) is 3.41. The van der Waals surface area contributed by atoms with Crippen molar-refractivity contribution in [2.24, 2.45) is 0 Å². The molecule has 0 N–H and O–H groups in total. The Bertz CT molecular complexity index is 669. The van der Waals surface area contributed by atoms with Crippen molar-refractivity contribution in [3.63, 3.8) is 0 Å². The molecule has 0 aromatic heterocycles. The van der Waals surface area contributed by atoms with Gasteiger partial charge in [0.15, 0.2) is 0 Å². The lowest BCUT2D eigenvalue weighted by molar-refractivity contribution is 0.252.